The molecule has 3 aliphatic rings. The van der Waals surface area contributed by atoms with Crippen LogP contribution in [0.15, 0.2) is 0 Å². The smallest absolute Gasteiger partial charge is 0.00747 e. The van der Waals surface area contributed by atoms with Gasteiger partial charge in [0, 0.05) is 12.1 Å². The first-order valence-corrected chi connectivity index (χ1v) is 7.52. The molecule has 0 atom stereocenters. The molecule has 1 heteroatoms. The Morgan fingerprint density at radius 1 is 0.875 bits per heavy atom. The molecule has 3 fully saturated rings. The summed E-state index contributed by atoms with van der Waals surface area (Å²) < 4.78 is 0. The van der Waals surface area contributed by atoms with Gasteiger partial charge >= 0.3 is 0 Å². The van der Waals surface area contributed by atoms with Crippen molar-refractivity contribution in [2.75, 3.05) is 0 Å². The third-order valence-electron chi connectivity index (χ3n) is 5.56. The quantitative estimate of drug-likeness (QED) is 0.746. The average Bonchev–Trinajstić information content (AvgIpc) is 2.68. The molecule has 3 rings (SSSR count). The minimum atomic E-state index is 0.811. The predicted octanol–water partition coefficient (Wildman–Crippen LogP) is 3.88. The van der Waals surface area contributed by atoms with E-state index in [4.69, 9.17) is 0 Å². The third kappa shape index (κ3) is 2.16. The van der Waals surface area contributed by atoms with Gasteiger partial charge in [-0.1, -0.05) is 19.8 Å². The van der Waals surface area contributed by atoms with Crippen LogP contribution in [0.1, 0.15) is 71.1 Å². The standard InChI is InChI=1S/C15H27N/c1-12-10-14(11-12)16-13-4-8-15(9-5-13)6-2-3-7-15/h12-14,16H,2-11H2,1H3. The van der Waals surface area contributed by atoms with Gasteiger partial charge in [-0.3, -0.25) is 0 Å². The van der Waals surface area contributed by atoms with Gasteiger partial charge in [0.2, 0.25) is 0 Å². The fraction of sp³-hybridized carbons (Fsp3) is 1.00. The van der Waals surface area contributed by atoms with Crippen molar-refractivity contribution in [1.29, 1.82) is 0 Å². The van der Waals surface area contributed by atoms with Crippen molar-refractivity contribution >= 4 is 0 Å². The van der Waals surface area contributed by atoms with E-state index < -0.39 is 0 Å². The molecule has 1 N–H and O–H groups in total. The minimum Gasteiger partial charge on any atom is -0.311 e. The molecular formula is C15H27N. The second kappa shape index (κ2) is 4.33. The largest absolute Gasteiger partial charge is 0.311 e. The summed E-state index contributed by atoms with van der Waals surface area (Å²) in [5.41, 5.74) is 0.811. The Hall–Kier alpha value is -0.0400. The molecule has 0 unspecified atom stereocenters. The molecule has 0 aliphatic heterocycles. The van der Waals surface area contributed by atoms with Crippen LogP contribution in [0.4, 0.5) is 0 Å². The molecule has 3 aliphatic carbocycles. The maximum absolute atomic E-state index is 3.89. The van der Waals surface area contributed by atoms with Gasteiger partial charge in [0.25, 0.3) is 0 Å². The summed E-state index contributed by atoms with van der Waals surface area (Å²) in [5.74, 6) is 0.988. The van der Waals surface area contributed by atoms with Gasteiger partial charge in [-0.25, -0.2) is 0 Å². The van der Waals surface area contributed by atoms with Crippen LogP contribution in [0, 0.1) is 11.3 Å². The Morgan fingerprint density at radius 2 is 1.50 bits per heavy atom. The molecule has 0 radical (unpaired) electrons. The van der Waals surface area contributed by atoms with Gasteiger partial charge in [0.1, 0.15) is 0 Å². The highest BCUT2D eigenvalue weighted by atomic mass is 15.0. The fourth-order valence-electron chi connectivity index (χ4n) is 4.39. The van der Waals surface area contributed by atoms with Crippen LogP contribution < -0.4 is 5.32 Å². The monoisotopic (exact) mass is 221 g/mol. The second-order valence-corrected chi connectivity index (χ2v) is 6.92. The summed E-state index contributed by atoms with van der Waals surface area (Å²) in [6.07, 6.45) is 14.9. The Kier molecular flexibility index (Phi) is 2.99. The van der Waals surface area contributed by atoms with E-state index >= 15 is 0 Å². The van der Waals surface area contributed by atoms with E-state index in [0.717, 1.165) is 23.4 Å². The van der Waals surface area contributed by atoms with Crippen LogP contribution in [-0.4, -0.2) is 12.1 Å². The van der Waals surface area contributed by atoms with E-state index in [1.807, 2.05) is 0 Å². The van der Waals surface area contributed by atoms with E-state index in [1.165, 1.54) is 51.4 Å². The Balaban J connectivity index is 1.44. The van der Waals surface area contributed by atoms with Crippen molar-refractivity contribution in [3.63, 3.8) is 0 Å². The van der Waals surface area contributed by atoms with Gasteiger partial charge in [-0.2, -0.15) is 0 Å². The summed E-state index contributed by atoms with van der Waals surface area (Å²) in [6.45, 7) is 2.38. The molecule has 92 valence electrons. The van der Waals surface area contributed by atoms with Crippen LogP contribution in [-0.2, 0) is 0 Å². The van der Waals surface area contributed by atoms with Crippen molar-refractivity contribution in [3.05, 3.63) is 0 Å². The summed E-state index contributed by atoms with van der Waals surface area (Å²) >= 11 is 0. The van der Waals surface area contributed by atoms with Crippen LogP contribution in [0.25, 0.3) is 0 Å². The van der Waals surface area contributed by atoms with Gasteiger partial charge in [0.15, 0.2) is 0 Å². The first kappa shape index (κ1) is 11.1. The molecule has 16 heavy (non-hydrogen) atoms. The van der Waals surface area contributed by atoms with Crippen molar-refractivity contribution in [1.82, 2.24) is 5.32 Å². The summed E-state index contributed by atoms with van der Waals surface area (Å²) in [5, 5.41) is 3.89. The molecule has 0 heterocycles. The molecule has 1 spiro atoms. The Bertz CT molecular complexity index is 226. The molecule has 1 nitrogen and oxygen atoms in total. The van der Waals surface area contributed by atoms with Crippen LogP contribution in [0.2, 0.25) is 0 Å². The molecule has 0 saturated heterocycles. The highest BCUT2D eigenvalue weighted by Gasteiger charge is 2.38. The minimum absolute atomic E-state index is 0.811. The number of hydrogen-bond donors (Lipinski definition) is 1. The van der Waals surface area contributed by atoms with Crippen molar-refractivity contribution in [2.24, 2.45) is 11.3 Å². The summed E-state index contributed by atoms with van der Waals surface area (Å²) in [6, 6.07) is 1.74. The van der Waals surface area contributed by atoms with Crippen molar-refractivity contribution in [3.8, 4) is 0 Å². The van der Waals surface area contributed by atoms with Crippen LogP contribution in [0.3, 0.4) is 0 Å². The molecule has 0 bridgehead atoms. The van der Waals surface area contributed by atoms with E-state index in [9.17, 15) is 0 Å². The molecule has 0 aromatic rings. The molecular weight excluding hydrogens is 194 g/mol. The lowest BCUT2D eigenvalue weighted by Crippen LogP contribution is -2.47. The topological polar surface area (TPSA) is 12.0 Å². The first-order chi connectivity index (χ1) is 7.76. The lowest BCUT2D eigenvalue weighted by molar-refractivity contribution is 0.140. The molecule has 0 aromatic heterocycles. The summed E-state index contributed by atoms with van der Waals surface area (Å²) in [4.78, 5) is 0. The zero-order valence-electron chi connectivity index (χ0n) is 10.8. The van der Waals surface area contributed by atoms with E-state index in [1.54, 1.807) is 12.8 Å². The van der Waals surface area contributed by atoms with Gasteiger partial charge in [-0.05, 0) is 62.7 Å². The predicted molar refractivity (Wildman–Crippen MR) is 68.5 cm³/mol. The lowest BCUT2D eigenvalue weighted by atomic mass is 9.71. The second-order valence-electron chi connectivity index (χ2n) is 6.92. The fourth-order valence-corrected chi connectivity index (χ4v) is 4.39. The zero-order valence-corrected chi connectivity index (χ0v) is 10.8. The number of nitrogens with one attached hydrogen (secondary N) is 1. The van der Waals surface area contributed by atoms with Crippen LogP contribution >= 0.6 is 0 Å². The molecule has 3 saturated carbocycles. The van der Waals surface area contributed by atoms with Crippen molar-refractivity contribution in [2.45, 2.75) is 83.2 Å². The van der Waals surface area contributed by atoms with Gasteiger partial charge in [0.05, 0.1) is 0 Å². The normalized spacial score (nSPS) is 38.8. The average molecular weight is 221 g/mol. The SMILES string of the molecule is CC1CC(NC2CCC3(CCCC3)CC2)C1. The lowest BCUT2D eigenvalue weighted by Gasteiger charge is -2.42. The maximum atomic E-state index is 3.89. The number of hydrogen-bond acceptors (Lipinski definition) is 1. The van der Waals surface area contributed by atoms with E-state index in [-0.39, 0.29) is 0 Å². The third-order valence-corrected chi connectivity index (χ3v) is 5.56. The summed E-state index contributed by atoms with van der Waals surface area (Å²) in [7, 11) is 0. The Morgan fingerprint density at radius 3 is 2.06 bits per heavy atom. The highest BCUT2D eigenvalue weighted by molar-refractivity contribution is 4.93. The van der Waals surface area contributed by atoms with Gasteiger partial charge in [-0.15, -0.1) is 0 Å². The number of rotatable bonds is 2. The zero-order chi connectivity index (χ0) is 11.0. The molecule has 0 amide bonds. The van der Waals surface area contributed by atoms with E-state index in [0.29, 0.717) is 0 Å². The van der Waals surface area contributed by atoms with Crippen LogP contribution in [0.5, 0.6) is 0 Å². The van der Waals surface area contributed by atoms with Crippen molar-refractivity contribution < 1.29 is 0 Å². The first-order valence-electron chi connectivity index (χ1n) is 7.52. The maximum Gasteiger partial charge on any atom is 0.00747 e. The highest BCUT2D eigenvalue weighted by Crippen LogP contribution is 2.49. The Labute approximate surface area is 100 Å². The van der Waals surface area contributed by atoms with E-state index in [2.05, 4.69) is 12.2 Å². The molecule has 0 aromatic carbocycles. The van der Waals surface area contributed by atoms with Gasteiger partial charge < -0.3 is 5.32 Å².